The maximum absolute atomic E-state index is 5.99. The van der Waals surface area contributed by atoms with Gasteiger partial charge in [0.2, 0.25) is 0 Å². The molecule has 0 radical (unpaired) electrons. The topological polar surface area (TPSA) is 30.5 Å². The molecule has 0 unspecified atom stereocenters. The van der Waals surface area contributed by atoms with Crippen molar-refractivity contribution in [2.45, 2.75) is 33.4 Å². The largest absolute Gasteiger partial charge is 0.493 e. The van der Waals surface area contributed by atoms with Gasteiger partial charge < -0.3 is 14.8 Å². The van der Waals surface area contributed by atoms with Crippen LogP contribution in [0.4, 0.5) is 0 Å². The minimum Gasteiger partial charge on any atom is -0.493 e. The summed E-state index contributed by atoms with van der Waals surface area (Å²) in [5.74, 6) is 1.49. The molecule has 0 aliphatic rings. The van der Waals surface area contributed by atoms with E-state index in [0.717, 1.165) is 41.0 Å². The highest BCUT2D eigenvalue weighted by Gasteiger charge is 2.12. The van der Waals surface area contributed by atoms with Gasteiger partial charge in [-0.3, -0.25) is 0 Å². The van der Waals surface area contributed by atoms with Gasteiger partial charge in [0, 0.05) is 6.54 Å². The smallest absolute Gasteiger partial charge is 0.175 e. The number of aryl methyl sites for hydroxylation is 1. The van der Waals surface area contributed by atoms with E-state index in [-0.39, 0.29) is 0 Å². The van der Waals surface area contributed by atoms with Gasteiger partial charge in [0.25, 0.3) is 0 Å². The zero-order valence-corrected chi connectivity index (χ0v) is 15.6. The monoisotopic (exact) mass is 377 g/mol. The van der Waals surface area contributed by atoms with Gasteiger partial charge in [-0.2, -0.15) is 0 Å². The van der Waals surface area contributed by atoms with Gasteiger partial charge in [0.05, 0.1) is 11.6 Å². The van der Waals surface area contributed by atoms with E-state index in [1.807, 2.05) is 12.1 Å². The summed E-state index contributed by atoms with van der Waals surface area (Å²) in [5, 5.41) is 3.40. The van der Waals surface area contributed by atoms with Crippen molar-refractivity contribution in [3.05, 3.63) is 57.6 Å². The number of nitrogens with one attached hydrogen (secondary N) is 1. The first kappa shape index (κ1) is 17.8. The number of methoxy groups -OCH3 is 1. The van der Waals surface area contributed by atoms with Crippen molar-refractivity contribution >= 4 is 15.9 Å². The lowest BCUT2D eigenvalue weighted by Gasteiger charge is -2.15. The predicted octanol–water partition coefficient (Wildman–Crippen LogP) is 4.84. The molecule has 0 aromatic heterocycles. The van der Waals surface area contributed by atoms with Crippen LogP contribution < -0.4 is 14.8 Å². The standard InChI is InChI=1S/C19H24BrNO2/c1-4-8-21-12-16-10-17(20)19(18(11-16)22-3)23-13-15-7-5-6-14(2)9-15/h5-7,9-11,21H,4,8,12-13H2,1-3H3. The molecule has 0 heterocycles. The molecule has 2 aromatic carbocycles. The maximum atomic E-state index is 5.99. The first-order valence-corrected chi connectivity index (χ1v) is 8.68. The maximum Gasteiger partial charge on any atom is 0.175 e. The Morgan fingerprint density at radius 2 is 1.96 bits per heavy atom. The molecule has 0 fully saturated rings. The summed E-state index contributed by atoms with van der Waals surface area (Å²) >= 11 is 3.60. The van der Waals surface area contributed by atoms with E-state index < -0.39 is 0 Å². The first-order valence-electron chi connectivity index (χ1n) is 7.89. The normalized spacial score (nSPS) is 10.6. The molecule has 0 atom stereocenters. The van der Waals surface area contributed by atoms with Crippen LogP contribution in [0.15, 0.2) is 40.9 Å². The highest BCUT2D eigenvalue weighted by molar-refractivity contribution is 9.10. The molecule has 124 valence electrons. The third-order valence-electron chi connectivity index (χ3n) is 3.51. The zero-order valence-electron chi connectivity index (χ0n) is 14.0. The molecule has 2 aromatic rings. The fourth-order valence-electron chi connectivity index (χ4n) is 2.38. The lowest BCUT2D eigenvalue weighted by atomic mass is 10.1. The molecule has 1 N–H and O–H groups in total. The Morgan fingerprint density at radius 3 is 2.65 bits per heavy atom. The van der Waals surface area contributed by atoms with Crippen molar-refractivity contribution in [3.63, 3.8) is 0 Å². The van der Waals surface area contributed by atoms with Crippen LogP contribution in [0.5, 0.6) is 11.5 Å². The van der Waals surface area contributed by atoms with Gasteiger partial charge in [-0.05, 0) is 59.1 Å². The van der Waals surface area contributed by atoms with Crippen molar-refractivity contribution in [1.29, 1.82) is 0 Å². The minimum atomic E-state index is 0.518. The minimum absolute atomic E-state index is 0.518. The Kier molecular flexibility index (Phi) is 6.93. The van der Waals surface area contributed by atoms with Crippen LogP contribution in [0.3, 0.4) is 0 Å². The molecule has 0 spiro atoms. The lowest BCUT2D eigenvalue weighted by molar-refractivity contribution is 0.282. The lowest BCUT2D eigenvalue weighted by Crippen LogP contribution is -2.14. The van der Waals surface area contributed by atoms with Gasteiger partial charge >= 0.3 is 0 Å². The van der Waals surface area contributed by atoms with E-state index in [2.05, 4.69) is 59.4 Å². The fraction of sp³-hybridized carbons (Fsp3) is 0.368. The Bertz CT molecular complexity index is 643. The summed E-state index contributed by atoms with van der Waals surface area (Å²) in [7, 11) is 1.67. The fourth-order valence-corrected chi connectivity index (χ4v) is 2.99. The van der Waals surface area contributed by atoms with Crippen LogP contribution in [-0.2, 0) is 13.2 Å². The van der Waals surface area contributed by atoms with Crippen LogP contribution >= 0.6 is 15.9 Å². The third-order valence-corrected chi connectivity index (χ3v) is 4.10. The summed E-state index contributed by atoms with van der Waals surface area (Å²) < 4.78 is 12.4. The Morgan fingerprint density at radius 1 is 1.13 bits per heavy atom. The molecule has 2 rings (SSSR count). The molecular weight excluding hydrogens is 354 g/mol. The molecule has 0 saturated carbocycles. The molecule has 4 heteroatoms. The summed E-state index contributed by atoms with van der Waals surface area (Å²) in [6, 6.07) is 12.4. The van der Waals surface area contributed by atoms with E-state index in [0.29, 0.717) is 6.61 Å². The molecule has 0 saturated heterocycles. The molecule has 0 aliphatic heterocycles. The van der Waals surface area contributed by atoms with E-state index in [9.17, 15) is 0 Å². The Balaban J connectivity index is 2.11. The second kappa shape index (κ2) is 8.94. The second-order valence-corrected chi connectivity index (χ2v) is 6.42. The SMILES string of the molecule is CCCNCc1cc(Br)c(OCc2cccc(C)c2)c(OC)c1. The van der Waals surface area contributed by atoms with Crippen molar-refractivity contribution in [2.75, 3.05) is 13.7 Å². The van der Waals surface area contributed by atoms with Crippen molar-refractivity contribution in [1.82, 2.24) is 5.32 Å². The Labute approximate surface area is 147 Å². The van der Waals surface area contributed by atoms with Gasteiger partial charge in [-0.25, -0.2) is 0 Å². The molecule has 0 aliphatic carbocycles. The number of hydrogen-bond acceptors (Lipinski definition) is 3. The molecule has 3 nitrogen and oxygen atoms in total. The highest BCUT2D eigenvalue weighted by atomic mass is 79.9. The van der Waals surface area contributed by atoms with Crippen LogP contribution in [-0.4, -0.2) is 13.7 Å². The van der Waals surface area contributed by atoms with Crippen molar-refractivity contribution in [2.24, 2.45) is 0 Å². The zero-order chi connectivity index (χ0) is 16.7. The van der Waals surface area contributed by atoms with E-state index in [1.165, 1.54) is 11.1 Å². The predicted molar refractivity (Wildman–Crippen MR) is 98.2 cm³/mol. The number of ether oxygens (including phenoxy) is 2. The van der Waals surface area contributed by atoms with E-state index >= 15 is 0 Å². The van der Waals surface area contributed by atoms with Crippen LogP contribution in [0.1, 0.15) is 30.0 Å². The number of rotatable bonds is 8. The van der Waals surface area contributed by atoms with Gasteiger partial charge in [0.1, 0.15) is 6.61 Å². The van der Waals surface area contributed by atoms with E-state index in [1.54, 1.807) is 7.11 Å². The first-order chi connectivity index (χ1) is 11.1. The number of hydrogen-bond donors (Lipinski definition) is 1. The average Bonchev–Trinajstić information content (AvgIpc) is 2.53. The van der Waals surface area contributed by atoms with Crippen molar-refractivity contribution < 1.29 is 9.47 Å². The quantitative estimate of drug-likeness (QED) is 0.667. The third kappa shape index (κ3) is 5.26. The molecular formula is C19H24BrNO2. The van der Waals surface area contributed by atoms with Gasteiger partial charge in [-0.15, -0.1) is 0 Å². The van der Waals surface area contributed by atoms with Gasteiger partial charge in [-0.1, -0.05) is 36.8 Å². The highest BCUT2D eigenvalue weighted by Crippen LogP contribution is 2.37. The number of benzene rings is 2. The summed E-state index contributed by atoms with van der Waals surface area (Å²) in [5.41, 5.74) is 3.55. The van der Waals surface area contributed by atoms with Crippen molar-refractivity contribution in [3.8, 4) is 11.5 Å². The second-order valence-electron chi connectivity index (χ2n) is 5.56. The van der Waals surface area contributed by atoms with Gasteiger partial charge in [0.15, 0.2) is 11.5 Å². The van der Waals surface area contributed by atoms with Crippen LogP contribution in [0.25, 0.3) is 0 Å². The van der Waals surface area contributed by atoms with Crippen LogP contribution in [0, 0.1) is 6.92 Å². The molecule has 23 heavy (non-hydrogen) atoms. The average molecular weight is 378 g/mol. The van der Waals surface area contributed by atoms with E-state index in [4.69, 9.17) is 9.47 Å². The molecule has 0 bridgehead atoms. The Hall–Kier alpha value is -1.52. The number of halogens is 1. The summed E-state index contributed by atoms with van der Waals surface area (Å²) in [6.07, 6.45) is 1.12. The molecule has 0 amide bonds. The summed E-state index contributed by atoms with van der Waals surface area (Å²) in [4.78, 5) is 0. The summed E-state index contributed by atoms with van der Waals surface area (Å²) in [6.45, 7) is 6.58. The van der Waals surface area contributed by atoms with Crippen LogP contribution in [0.2, 0.25) is 0 Å².